The molecular formula is C38H55N3O4. The van der Waals surface area contributed by atoms with Gasteiger partial charge in [0.15, 0.2) is 0 Å². The van der Waals surface area contributed by atoms with Crippen LogP contribution in [0.4, 0.5) is 0 Å². The molecule has 45 heavy (non-hydrogen) atoms. The normalized spacial score (nSPS) is 16.6. The monoisotopic (exact) mass is 617 g/mol. The lowest BCUT2D eigenvalue weighted by Gasteiger charge is -2.32. The maximum atomic E-state index is 13.6. The third-order valence-electron chi connectivity index (χ3n) is 9.09. The van der Waals surface area contributed by atoms with Gasteiger partial charge in [-0.1, -0.05) is 50.8 Å². The lowest BCUT2D eigenvalue weighted by atomic mass is 9.94. The van der Waals surface area contributed by atoms with Crippen molar-refractivity contribution in [3.63, 3.8) is 0 Å². The van der Waals surface area contributed by atoms with Crippen molar-refractivity contribution in [3.05, 3.63) is 71.3 Å². The smallest absolute Gasteiger partial charge is 0.323 e. The van der Waals surface area contributed by atoms with E-state index in [4.69, 9.17) is 9.47 Å². The number of aryl methyl sites for hydroxylation is 1. The Balaban J connectivity index is 1.18. The number of esters is 1. The Bertz CT molecular complexity index is 1250. The Labute approximate surface area is 271 Å². The van der Waals surface area contributed by atoms with Gasteiger partial charge in [-0.2, -0.15) is 0 Å². The number of carbonyl (C=O) groups excluding carboxylic acids is 2. The first-order valence-electron chi connectivity index (χ1n) is 17.1. The van der Waals surface area contributed by atoms with Crippen LogP contribution in [0.15, 0.2) is 49.0 Å². The molecule has 2 aromatic carbocycles. The number of benzene rings is 2. The Kier molecular flexibility index (Phi) is 13.5. The summed E-state index contributed by atoms with van der Waals surface area (Å²) in [6.07, 6.45) is 8.19. The van der Waals surface area contributed by atoms with Crippen molar-refractivity contribution in [2.24, 2.45) is 11.8 Å². The summed E-state index contributed by atoms with van der Waals surface area (Å²) in [5.41, 5.74) is 4.52. The minimum Gasteiger partial charge on any atom is -0.488 e. The average Bonchev–Trinajstić information content (AvgIpc) is 3.54. The zero-order chi connectivity index (χ0) is 32.2. The molecule has 1 aliphatic carbocycles. The van der Waals surface area contributed by atoms with Crippen molar-refractivity contribution in [2.75, 3.05) is 32.7 Å². The molecule has 0 bridgehead atoms. The largest absolute Gasteiger partial charge is 0.488 e. The first kappa shape index (κ1) is 34.7. The van der Waals surface area contributed by atoms with E-state index in [1.807, 2.05) is 61.2 Å². The number of carbonyl (C=O) groups is 2. The maximum absolute atomic E-state index is 13.6. The van der Waals surface area contributed by atoms with Gasteiger partial charge in [-0.15, -0.1) is 0 Å². The van der Waals surface area contributed by atoms with Crippen LogP contribution in [0.25, 0.3) is 5.57 Å². The predicted octanol–water partition coefficient (Wildman–Crippen LogP) is 6.93. The van der Waals surface area contributed by atoms with Crippen molar-refractivity contribution in [1.82, 2.24) is 15.5 Å². The standard InChI is InChI=1S/C38H55N3O4/c1-27(2)22-35(38(43)45-32-14-9-10-15-32)40-19-11-18-39-25-30-16-20-41(21-17-30)37(42)34-24-33(28(3)4)36(23-29(34)5)44-26-31-12-7-6-8-13-31/h6-8,12-13,23-24,27,30,32,35,39-40H,3,9-11,14-22,25-26H2,1-2,4-5H3/t35-/m0/s1. The van der Waals surface area contributed by atoms with Crippen LogP contribution in [0.3, 0.4) is 0 Å². The van der Waals surface area contributed by atoms with E-state index < -0.39 is 0 Å². The number of ether oxygens (including phenoxy) is 2. The lowest BCUT2D eigenvalue weighted by molar-refractivity contribution is -0.151. The highest BCUT2D eigenvalue weighted by atomic mass is 16.5. The minimum atomic E-state index is -0.222. The van der Waals surface area contributed by atoms with Gasteiger partial charge in [0.25, 0.3) is 5.91 Å². The highest BCUT2D eigenvalue weighted by Crippen LogP contribution is 2.31. The SMILES string of the molecule is C=C(C)c1cc(C(=O)N2CCC(CNCCCN[C@@H](CC(C)C)C(=O)OC3CCCC3)CC2)c(C)cc1OCc1ccccc1. The summed E-state index contributed by atoms with van der Waals surface area (Å²) in [5, 5.41) is 7.07. The first-order chi connectivity index (χ1) is 21.7. The number of hydrogen-bond donors (Lipinski definition) is 2. The molecule has 2 fully saturated rings. The summed E-state index contributed by atoms with van der Waals surface area (Å²) in [5.74, 6) is 1.76. The summed E-state index contributed by atoms with van der Waals surface area (Å²) < 4.78 is 11.9. The van der Waals surface area contributed by atoms with Gasteiger partial charge < -0.3 is 25.0 Å². The van der Waals surface area contributed by atoms with Crippen molar-refractivity contribution in [1.29, 1.82) is 0 Å². The quantitative estimate of drug-likeness (QED) is 0.157. The Hall–Kier alpha value is -3.16. The fourth-order valence-corrected chi connectivity index (χ4v) is 6.39. The molecule has 1 heterocycles. The van der Waals surface area contributed by atoms with Gasteiger partial charge in [-0.3, -0.25) is 9.59 Å². The van der Waals surface area contributed by atoms with Crippen molar-refractivity contribution >= 4 is 17.4 Å². The van der Waals surface area contributed by atoms with E-state index in [1.54, 1.807) is 0 Å². The second-order valence-corrected chi connectivity index (χ2v) is 13.5. The van der Waals surface area contributed by atoms with Gasteiger partial charge in [0.05, 0.1) is 0 Å². The van der Waals surface area contributed by atoms with Crippen LogP contribution in [0.5, 0.6) is 5.75 Å². The van der Waals surface area contributed by atoms with Gasteiger partial charge in [-0.05, 0) is 126 Å². The number of hydrogen-bond acceptors (Lipinski definition) is 6. The van der Waals surface area contributed by atoms with Crippen LogP contribution in [-0.2, 0) is 16.1 Å². The fraction of sp³-hybridized carbons (Fsp3) is 0.579. The number of nitrogens with one attached hydrogen (secondary N) is 2. The summed E-state index contributed by atoms with van der Waals surface area (Å²) in [6.45, 7) is 17.0. The molecule has 2 aromatic rings. The minimum absolute atomic E-state index is 0.0803. The fourth-order valence-electron chi connectivity index (χ4n) is 6.39. The van der Waals surface area contributed by atoms with Gasteiger partial charge in [0.1, 0.15) is 24.5 Å². The lowest BCUT2D eigenvalue weighted by Crippen LogP contribution is -2.42. The van der Waals surface area contributed by atoms with E-state index in [0.29, 0.717) is 18.4 Å². The van der Waals surface area contributed by atoms with Crippen molar-refractivity contribution < 1.29 is 19.1 Å². The molecule has 0 unspecified atom stereocenters. The number of rotatable bonds is 16. The molecule has 7 nitrogen and oxygen atoms in total. The van der Waals surface area contributed by atoms with Crippen LogP contribution >= 0.6 is 0 Å². The maximum Gasteiger partial charge on any atom is 0.323 e. The van der Waals surface area contributed by atoms with E-state index >= 15 is 0 Å². The number of nitrogens with zero attached hydrogens (tertiary/aromatic N) is 1. The molecule has 2 N–H and O–H groups in total. The first-order valence-corrected chi connectivity index (χ1v) is 17.1. The summed E-state index contributed by atoms with van der Waals surface area (Å²) >= 11 is 0. The Morgan fingerprint density at radius 3 is 2.38 bits per heavy atom. The van der Waals surface area contributed by atoms with Gasteiger partial charge >= 0.3 is 5.97 Å². The highest BCUT2D eigenvalue weighted by molar-refractivity contribution is 5.97. The molecule has 7 heteroatoms. The predicted molar refractivity (Wildman–Crippen MR) is 182 cm³/mol. The molecule has 4 rings (SSSR count). The van der Waals surface area contributed by atoms with Gasteiger partial charge in [0, 0.05) is 24.2 Å². The molecule has 1 saturated heterocycles. The molecule has 0 radical (unpaired) electrons. The molecule has 2 aliphatic rings. The average molecular weight is 618 g/mol. The second-order valence-electron chi connectivity index (χ2n) is 13.5. The van der Waals surface area contributed by atoms with Crippen LogP contribution in [0.2, 0.25) is 0 Å². The van der Waals surface area contributed by atoms with Crippen LogP contribution in [0.1, 0.15) is 99.2 Å². The van der Waals surface area contributed by atoms with Crippen molar-refractivity contribution in [3.8, 4) is 5.75 Å². The van der Waals surface area contributed by atoms with Crippen LogP contribution in [0, 0.1) is 18.8 Å². The number of likely N-dealkylation sites (tertiary alicyclic amines) is 1. The van der Waals surface area contributed by atoms with E-state index in [1.165, 1.54) is 0 Å². The van der Waals surface area contributed by atoms with E-state index in [2.05, 4.69) is 31.1 Å². The third kappa shape index (κ3) is 10.7. The molecule has 1 amide bonds. The van der Waals surface area contributed by atoms with Crippen LogP contribution < -0.4 is 15.4 Å². The van der Waals surface area contributed by atoms with Gasteiger partial charge in [0.2, 0.25) is 0 Å². The molecule has 1 saturated carbocycles. The van der Waals surface area contributed by atoms with E-state index in [9.17, 15) is 9.59 Å². The topological polar surface area (TPSA) is 79.9 Å². The van der Waals surface area contributed by atoms with E-state index in [0.717, 1.165) is 118 Å². The molecular weight excluding hydrogens is 562 g/mol. The number of piperidine rings is 1. The van der Waals surface area contributed by atoms with Crippen LogP contribution in [-0.4, -0.2) is 61.6 Å². The summed E-state index contributed by atoms with van der Waals surface area (Å²) in [6, 6.07) is 13.8. The summed E-state index contributed by atoms with van der Waals surface area (Å²) in [7, 11) is 0. The highest BCUT2D eigenvalue weighted by Gasteiger charge is 2.27. The summed E-state index contributed by atoms with van der Waals surface area (Å²) in [4.78, 5) is 28.3. The van der Waals surface area contributed by atoms with E-state index in [-0.39, 0.29) is 24.0 Å². The zero-order valence-electron chi connectivity index (χ0n) is 28.0. The molecule has 1 atom stereocenters. The Morgan fingerprint density at radius 2 is 1.71 bits per heavy atom. The third-order valence-corrected chi connectivity index (χ3v) is 9.09. The number of allylic oxidation sites excluding steroid dienone is 1. The van der Waals surface area contributed by atoms with Gasteiger partial charge in [-0.25, -0.2) is 0 Å². The number of amides is 1. The second kappa shape index (κ2) is 17.5. The Morgan fingerprint density at radius 1 is 1.00 bits per heavy atom. The molecule has 0 aromatic heterocycles. The molecule has 0 spiro atoms. The zero-order valence-corrected chi connectivity index (χ0v) is 28.0. The molecule has 246 valence electrons. The van der Waals surface area contributed by atoms with Crippen molar-refractivity contribution in [2.45, 2.75) is 97.8 Å². The molecule has 1 aliphatic heterocycles.